The number of fused-ring (bicyclic) bond motifs is 20. The molecule has 0 amide bonds. The Morgan fingerprint density at radius 3 is 1.08 bits per heavy atom. The molecule has 0 atom stereocenters. The number of rotatable bonds is 6. The first kappa shape index (κ1) is 37.8. The number of anilines is 2. The van der Waals surface area contributed by atoms with E-state index in [4.69, 9.17) is 39.4 Å². The number of benzene rings is 6. The van der Waals surface area contributed by atoms with Crippen molar-refractivity contribution in [2.24, 2.45) is 0 Å². The predicted octanol–water partition coefficient (Wildman–Crippen LogP) is 10.6. The summed E-state index contributed by atoms with van der Waals surface area (Å²) in [5.74, 6) is 4.37. The number of hydrogen-bond acceptors (Lipinski definition) is 10. The van der Waals surface area contributed by atoms with E-state index in [0.29, 0.717) is 68.9 Å². The van der Waals surface area contributed by atoms with Gasteiger partial charge in [-0.15, -0.1) is 0 Å². The predicted molar refractivity (Wildman–Crippen MR) is 238 cm³/mol. The Labute approximate surface area is 362 Å². The Morgan fingerprint density at radius 2 is 0.721 bits per heavy atom. The summed E-state index contributed by atoms with van der Waals surface area (Å²) in [5, 5.41) is 3.33. The van der Waals surface area contributed by atoms with Gasteiger partial charge >= 0.3 is 0 Å². The van der Waals surface area contributed by atoms with Crippen molar-refractivity contribution in [1.29, 1.82) is 0 Å². The van der Waals surface area contributed by atoms with E-state index >= 15 is 0 Å². The molecule has 0 spiro atoms. The van der Waals surface area contributed by atoms with E-state index in [1.807, 2.05) is 171 Å². The summed E-state index contributed by atoms with van der Waals surface area (Å²) in [6.07, 6.45) is 0. The molecule has 12 nitrogen and oxygen atoms in total. The fourth-order valence-corrected chi connectivity index (χ4v) is 7.71. The van der Waals surface area contributed by atoms with Crippen LogP contribution in [0, 0.1) is 0 Å². The molecule has 0 saturated heterocycles. The molecule has 0 saturated carbocycles. The molecule has 2 aliphatic heterocycles. The third kappa shape index (κ3) is 6.69. The number of aromatic nitrogens is 8. The minimum atomic E-state index is 0. The van der Waals surface area contributed by atoms with E-state index in [-0.39, 0.29) is 19.5 Å². The average Bonchev–Trinajstić information content (AvgIpc) is 3.99. The number of ether oxygens (including phenoxy) is 2. The van der Waals surface area contributed by atoms with Gasteiger partial charge in [-0.05, 0) is 36.4 Å². The minimum Gasteiger partial charge on any atom is -0.453 e. The van der Waals surface area contributed by atoms with E-state index in [9.17, 15) is 0 Å². The normalized spacial score (nSPS) is 11.5. The molecule has 6 aromatic carbocycles. The van der Waals surface area contributed by atoms with Crippen LogP contribution in [0.2, 0.25) is 0 Å². The smallest absolute Gasteiger partial charge is 0.170 e. The second-order valence-corrected chi connectivity index (χ2v) is 15.1. The van der Waals surface area contributed by atoms with E-state index in [0.717, 1.165) is 55.2 Å². The molecule has 0 unspecified atom stereocenters. The molecule has 0 fully saturated rings. The zero-order valence-corrected chi connectivity index (χ0v) is 36.8. The standard InChI is InChI=1S/C48H36N10O2.Zn/c1-57(2)27-13-11-15-29(23-27)59-39-25-37-38(26-40(39)60-30-16-12-14-28(24-30)58(3)4)48-55-46-36-22-10-8-20-34(36)44(53-46)51-42-32-18-6-5-17-31(32)41(49-42)50-43-33-19-7-9-21-35(33)45(52-43)54-47(37)56-48;/h5-26H,1-4H3,(H2,49,50,51,52,53,54,55,56);. The zero-order chi connectivity index (χ0) is 40.5. The molecule has 61 heavy (non-hydrogen) atoms. The monoisotopic (exact) mass is 848 g/mol. The second-order valence-electron chi connectivity index (χ2n) is 15.1. The minimum absolute atomic E-state index is 0. The average molecular weight is 850 g/mol. The Hall–Kier alpha value is -7.50. The Kier molecular flexibility index (Phi) is 9.26. The van der Waals surface area contributed by atoms with Crippen LogP contribution in [0.5, 0.6) is 23.0 Å². The van der Waals surface area contributed by atoms with Gasteiger partial charge in [-0.3, -0.25) is 0 Å². The zero-order valence-electron chi connectivity index (χ0n) is 33.8. The summed E-state index contributed by atoms with van der Waals surface area (Å²) in [4.78, 5) is 41.9. The van der Waals surface area contributed by atoms with Gasteiger partial charge in [0.25, 0.3) is 0 Å². The Bertz CT molecular complexity index is 3160. The van der Waals surface area contributed by atoms with Gasteiger partial charge in [0, 0.05) is 115 Å². The number of nitrogens with zero attached hydrogens (tertiary/aromatic N) is 8. The van der Waals surface area contributed by atoms with Crippen LogP contribution in [0.4, 0.5) is 11.4 Å². The van der Waals surface area contributed by atoms with Crippen LogP contribution in [0.15, 0.2) is 133 Å². The largest absolute Gasteiger partial charge is 0.453 e. The molecular weight excluding hydrogens is 814 g/mol. The van der Waals surface area contributed by atoms with Crippen molar-refractivity contribution in [3.63, 3.8) is 0 Å². The number of nitrogens with one attached hydrogen (secondary N) is 2. The quantitative estimate of drug-likeness (QED) is 0.156. The van der Waals surface area contributed by atoms with Crippen LogP contribution < -0.4 is 19.3 Å². The maximum absolute atomic E-state index is 6.72. The molecule has 5 heterocycles. The van der Waals surface area contributed by atoms with Crippen molar-refractivity contribution in [3.05, 3.63) is 133 Å². The fraction of sp³-hybridized carbons (Fsp3) is 0.0833. The molecule has 9 aromatic rings. The Morgan fingerprint density at radius 1 is 0.377 bits per heavy atom. The molecule has 8 bridgehead atoms. The van der Waals surface area contributed by atoms with E-state index in [1.165, 1.54) is 0 Å². The maximum atomic E-state index is 6.72. The first-order chi connectivity index (χ1) is 29.3. The van der Waals surface area contributed by atoms with Gasteiger partial charge < -0.3 is 29.2 Å². The SMILES string of the molecule is CN(C)c1cccc(Oc2cc3c4nc5nc(nc6[nH]c(nc7nc(nc([nH]4)c3cc2Oc2cccc(N(C)C)c2)-c2ccccc2-7)c2ccccc62)-c2ccccc2-5)c1.[Zn]. The molecule has 0 radical (unpaired) electrons. The molecule has 0 aliphatic carbocycles. The summed E-state index contributed by atoms with van der Waals surface area (Å²) in [5.41, 5.74) is 7.79. The van der Waals surface area contributed by atoms with Gasteiger partial charge in [0.05, 0.1) is 0 Å². The van der Waals surface area contributed by atoms with Gasteiger partial charge in [0.2, 0.25) is 0 Å². The number of hydrogen-bond donors (Lipinski definition) is 2. The van der Waals surface area contributed by atoms with Gasteiger partial charge in [-0.25, -0.2) is 29.9 Å². The second kappa shape index (κ2) is 15.0. The molecular formula is C48H36N10O2Zn. The molecule has 2 aliphatic rings. The van der Waals surface area contributed by atoms with Crippen LogP contribution in [0.25, 0.3) is 89.7 Å². The van der Waals surface area contributed by atoms with E-state index < -0.39 is 0 Å². The van der Waals surface area contributed by atoms with E-state index in [1.54, 1.807) is 0 Å². The summed E-state index contributed by atoms with van der Waals surface area (Å²) in [6.45, 7) is 0. The van der Waals surface area contributed by atoms with Crippen molar-refractivity contribution < 1.29 is 29.0 Å². The third-order valence-corrected chi connectivity index (χ3v) is 10.7. The summed E-state index contributed by atoms with van der Waals surface area (Å²) < 4.78 is 13.4. The van der Waals surface area contributed by atoms with Gasteiger partial charge in [-0.2, -0.15) is 0 Å². The van der Waals surface area contributed by atoms with Crippen LogP contribution in [-0.4, -0.2) is 68.1 Å². The summed E-state index contributed by atoms with van der Waals surface area (Å²) in [6, 6.07) is 43.8. The number of aromatic amines is 2. The third-order valence-electron chi connectivity index (χ3n) is 10.7. The molecule has 13 heteroatoms. The van der Waals surface area contributed by atoms with Crippen LogP contribution in [0.1, 0.15) is 0 Å². The van der Waals surface area contributed by atoms with Crippen molar-refractivity contribution in [2.75, 3.05) is 38.0 Å². The van der Waals surface area contributed by atoms with Crippen molar-refractivity contribution in [1.82, 2.24) is 39.9 Å². The summed E-state index contributed by atoms with van der Waals surface area (Å²) >= 11 is 0. The van der Waals surface area contributed by atoms with Crippen LogP contribution in [0.3, 0.4) is 0 Å². The number of H-pyrrole nitrogens is 2. The van der Waals surface area contributed by atoms with Crippen LogP contribution in [-0.2, 0) is 19.5 Å². The topological polar surface area (TPSA) is 134 Å². The fourth-order valence-electron chi connectivity index (χ4n) is 7.71. The molecule has 11 rings (SSSR count). The van der Waals surface area contributed by atoms with Crippen molar-refractivity contribution in [3.8, 4) is 68.5 Å². The van der Waals surface area contributed by atoms with Crippen molar-refractivity contribution in [2.45, 2.75) is 0 Å². The molecule has 2 N–H and O–H groups in total. The van der Waals surface area contributed by atoms with E-state index in [2.05, 4.69) is 9.97 Å². The van der Waals surface area contributed by atoms with Gasteiger partial charge in [0.15, 0.2) is 34.8 Å². The first-order valence-electron chi connectivity index (χ1n) is 19.5. The summed E-state index contributed by atoms with van der Waals surface area (Å²) in [7, 11) is 8.00. The first-order valence-corrected chi connectivity index (χ1v) is 19.5. The van der Waals surface area contributed by atoms with Gasteiger partial charge in [-0.1, -0.05) is 84.9 Å². The van der Waals surface area contributed by atoms with Crippen LogP contribution >= 0.6 is 0 Å². The molecule has 292 valence electrons. The van der Waals surface area contributed by atoms with Crippen molar-refractivity contribution >= 4 is 55.5 Å². The maximum Gasteiger partial charge on any atom is 0.170 e. The van der Waals surface area contributed by atoms with Gasteiger partial charge in [0.1, 0.15) is 34.1 Å². The molecule has 3 aromatic heterocycles. The Balaban J connectivity index is 0.00000445.